The van der Waals surface area contributed by atoms with Crippen LogP contribution in [-0.2, 0) is 6.54 Å². The molecule has 4 heteroatoms. The highest BCUT2D eigenvalue weighted by molar-refractivity contribution is 5.18. The molecule has 1 aliphatic heterocycles. The van der Waals surface area contributed by atoms with Crippen molar-refractivity contribution in [3.63, 3.8) is 0 Å². The molecule has 0 aromatic heterocycles. The number of halogens is 2. The predicted octanol–water partition coefficient (Wildman–Crippen LogP) is 3.17. The van der Waals surface area contributed by atoms with Gasteiger partial charge >= 0.3 is 0 Å². The van der Waals surface area contributed by atoms with Crippen LogP contribution in [0, 0.1) is 17.0 Å². The van der Waals surface area contributed by atoms with Crippen molar-refractivity contribution < 1.29 is 8.78 Å². The van der Waals surface area contributed by atoms with Gasteiger partial charge in [-0.15, -0.1) is 0 Å². The first kappa shape index (κ1) is 15.4. The van der Waals surface area contributed by atoms with Crippen molar-refractivity contribution in [3.8, 4) is 0 Å². The van der Waals surface area contributed by atoms with Gasteiger partial charge in [-0.05, 0) is 30.0 Å². The Hall–Kier alpha value is -1.00. The largest absolute Gasteiger partial charge is 0.311 e. The summed E-state index contributed by atoms with van der Waals surface area (Å²) in [6.45, 7) is 11.3. The fraction of sp³-hybridized carbons (Fsp3) is 0.625. The van der Waals surface area contributed by atoms with E-state index in [2.05, 4.69) is 37.9 Å². The maximum absolute atomic E-state index is 13.3. The third kappa shape index (κ3) is 3.55. The van der Waals surface area contributed by atoms with Gasteiger partial charge in [0.2, 0.25) is 0 Å². The molecular weight excluding hydrogens is 258 g/mol. The average molecular weight is 282 g/mol. The fourth-order valence-electron chi connectivity index (χ4n) is 2.59. The highest BCUT2D eigenvalue weighted by Gasteiger charge is 2.32. The number of benzene rings is 1. The molecule has 1 aromatic rings. The third-order valence-electron chi connectivity index (χ3n) is 4.12. The Labute approximate surface area is 120 Å². The Morgan fingerprint density at radius 3 is 2.55 bits per heavy atom. The second kappa shape index (κ2) is 5.78. The van der Waals surface area contributed by atoms with Crippen molar-refractivity contribution in [1.29, 1.82) is 0 Å². The lowest BCUT2D eigenvalue weighted by atomic mass is 9.84. The Morgan fingerprint density at radius 2 is 1.95 bits per heavy atom. The van der Waals surface area contributed by atoms with Crippen LogP contribution in [-0.4, -0.2) is 30.1 Å². The molecule has 1 heterocycles. The standard InChI is InChI=1S/C16H24F2N2/c1-11-8-19-15(16(2,3)4)10-20(11)9-12-5-6-13(17)14(18)7-12/h5-7,11,15,19H,8-10H2,1-4H3. The number of nitrogens with one attached hydrogen (secondary N) is 1. The quantitative estimate of drug-likeness (QED) is 0.896. The van der Waals surface area contributed by atoms with Gasteiger partial charge in [0.05, 0.1) is 0 Å². The van der Waals surface area contributed by atoms with E-state index in [1.165, 1.54) is 12.1 Å². The van der Waals surface area contributed by atoms with Crippen LogP contribution in [0.5, 0.6) is 0 Å². The highest BCUT2D eigenvalue weighted by atomic mass is 19.2. The maximum atomic E-state index is 13.3. The first-order valence-corrected chi connectivity index (χ1v) is 7.18. The minimum Gasteiger partial charge on any atom is -0.311 e. The summed E-state index contributed by atoms with van der Waals surface area (Å²) in [7, 11) is 0. The summed E-state index contributed by atoms with van der Waals surface area (Å²) < 4.78 is 26.3. The zero-order valence-corrected chi connectivity index (χ0v) is 12.7. The van der Waals surface area contributed by atoms with Crippen LogP contribution in [0.1, 0.15) is 33.3 Å². The zero-order chi connectivity index (χ0) is 14.9. The molecule has 2 atom stereocenters. The van der Waals surface area contributed by atoms with Crippen LogP contribution in [0.3, 0.4) is 0 Å². The van der Waals surface area contributed by atoms with Crippen molar-refractivity contribution in [3.05, 3.63) is 35.4 Å². The second-order valence-electron chi connectivity index (χ2n) is 6.85. The van der Waals surface area contributed by atoms with Crippen LogP contribution < -0.4 is 5.32 Å². The van der Waals surface area contributed by atoms with Gasteiger partial charge in [-0.2, -0.15) is 0 Å². The van der Waals surface area contributed by atoms with Crippen LogP contribution in [0.25, 0.3) is 0 Å². The van der Waals surface area contributed by atoms with Gasteiger partial charge in [-0.25, -0.2) is 8.78 Å². The first-order valence-electron chi connectivity index (χ1n) is 7.18. The van der Waals surface area contributed by atoms with Crippen molar-refractivity contribution in [2.24, 2.45) is 5.41 Å². The predicted molar refractivity (Wildman–Crippen MR) is 77.5 cm³/mol. The normalized spacial score (nSPS) is 24.9. The fourth-order valence-corrected chi connectivity index (χ4v) is 2.59. The molecule has 0 spiro atoms. The number of piperazine rings is 1. The highest BCUT2D eigenvalue weighted by Crippen LogP contribution is 2.24. The van der Waals surface area contributed by atoms with Crippen molar-refractivity contribution in [1.82, 2.24) is 10.2 Å². The molecule has 2 unspecified atom stereocenters. The monoisotopic (exact) mass is 282 g/mol. The number of hydrogen-bond acceptors (Lipinski definition) is 2. The molecule has 1 aromatic carbocycles. The van der Waals surface area contributed by atoms with E-state index < -0.39 is 11.6 Å². The van der Waals surface area contributed by atoms with E-state index in [9.17, 15) is 8.78 Å². The summed E-state index contributed by atoms with van der Waals surface area (Å²) in [5.41, 5.74) is 1.01. The van der Waals surface area contributed by atoms with Gasteiger partial charge in [0.15, 0.2) is 11.6 Å². The smallest absolute Gasteiger partial charge is 0.159 e. The molecule has 0 aliphatic carbocycles. The topological polar surface area (TPSA) is 15.3 Å². The number of hydrogen-bond donors (Lipinski definition) is 1. The van der Waals surface area contributed by atoms with Crippen molar-refractivity contribution in [2.75, 3.05) is 13.1 Å². The van der Waals surface area contributed by atoms with Crippen LogP contribution in [0.4, 0.5) is 8.78 Å². The van der Waals surface area contributed by atoms with E-state index in [1.807, 2.05) is 0 Å². The molecule has 0 radical (unpaired) electrons. The summed E-state index contributed by atoms with van der Waals surface area (Å²) in [4.78, 5) is 2.33. The third-order valence-corrected chi connectivity index (χ3v) is 4.12. The van der Waals surface area contributed by atoms with Crippen molar-refractivity contribution >= 4 is 0 Å². The van der Waals surface area contributed by atoms with Gasteiger partial charge in [-0.3, -0.25) is 4.90 Å². The van der Waals surface area contributed by atoms with Gasteiger partial charge in [0.1, 0.15) is 0 Å². The molecule has 0 amide bonds. The second-order valence-corrected chi connectivity index (χ2v) is 6.85. The summed E-state index contributed by atoms with van der Waals surface area (Å²) in [6, 6.07) is 4.97. The zero-order valence-electron chi connectivity index (χ0n) is 12.7. The maximum Gasteiger partial charge on any atom is 0.159 e. The van der Waals surface area contributed by atoms with E-state index in [1.54, 1.807) is 6.07 Å². The summed E-state index contributed by atoms with van der Waals surface area (Å²) >= 11 is 0. The molecule has 20 heavy (non-hydrogen) atoms. The van der Waals surface area contributed by atoms with Gasteiger partial charge in [0, 0.05) is 31.7 Å². The summed E-state index contributed by atoms with van der Waals surface area (Å²) in [5, 5.41) is 3.57. The van der Waals surface area contributed by atoms with Crippen LogP contribution >= 0.6 is 0 Å². The van der Waals surface area contributed by atoms with Crippen LogP contribution in [0.2, 0.25) is 0 Å². The molecule has 1 N–H and O–H groups in total. The lowest BCUT2D eigenvalue weighted by molar-refractivity contribution is 0.0876. The van der Waals surface area contributed by atoms with Gasteiger partial charge in [-0.1, -0.05) is 26.8 Å². The summed E-state index contributed by atoms with van der Waals surface area (Å²) in [6.07, 6.45) is 0. The number of nitrogens with zero attached hydrogens (tertiary/aromatic N) is 1. The SMILES string of the molecule is CC1CNC(C(C)(C)C)CN1Cc1ccc(F)c(F)c1. The number of rotatable bonds is 2. The lowest BCUT2D eigenvalue weighted by Crippen LogP contribution is -2.59. The van der Waals surface area contributed by atoms with Gasteiger partial charge in [0.25, 0.3) is 0 Å². The molecular formula is C16H24F2N2. The minimum absolute atomic E-state index is 0.187. The molecule has 2 nitrogen and oxygen atoms in total. The Balaban J connectivity index is 2.08. The molecule has 112 valence electrons. The Kier molecular flexibility index (Phi) is 4.45. The molecule has 2 rings (SSSR count). The molecule has 1 fully saturated rings. The van der Waals surface area contributed by atoms with Crippen LogP contribution in [0.15, 0.2) is 18.2 Å². The molecule has 0 saturated carbocycles. The van der Waals surface area contributed by atoms with Gasteiger partial charge < -0.3 is 5.32 Å². The lowest BCUT2D eigenvalue weighted by Gasteiger charge is -2.44. The molecule has 0 bridgehead atoms. The van der Waals surface area contributed by atoms with Crippen molar-refractivity contribution in [2.45, 2.75) is 46.3 Å². The Morgan fingerprint density at radius 1 is 1.25 bits per heavy atom. The Bertz CT molecular complexity index is 468. The summed E-state index contributed by atoms with van der Waals surface area (Å²) in [5.74, 6) is -1.55. The first-order chi connectivity index (χ1) is 9.27. The minimum atomic E-state index is -0.783. The molecule has 1 saturated heterocycles. The van der Waals surface area contributed by atoms with E-state index in [4.69, 9.17) is 0 Å². The van der Waals surface area contributed by atoms with E-state index in [-0.39, 0.29) is 5.41 Å². The van der Waals surface area contributed by atoms with E-state index in [0.717, 1.165) is 18.7 Å². The van der Waals surface area contributed by atoms with E-state index in [0.29, 0.717) is 18.6 Å². The van der Waals surface area contributed by atoms with E-state index >= 15 is 0 Å². The average Bonchev–Trinajstić information content (AvgIpc) is 2.35. The molecule has 1 aliphatic rings.